The SMILES string of the molecule is Cc1c(CNCCc2ccc(Cl)cc2Cl)cnn1C. The van der Waals surface area contributed by atoms with Crippen molar-refractivity contribution in [1.82, 2.24) is 15.1 Å². The summed E-state index contributed by atoms with van der Waals surface area (Å²) in [6.45, 7) is 3.76. The first kappa shape index (κ1) is 14.4. The molecule has 1 aromatic carbocycles. The Morgan fingerprint density at radius 2 is 2.05 bits per heavy atom. The van der Waals surface area contributed by atoms with E-state index in [-0.39, 0.29) is 0 Å². The second-order valence-corrected chi connectivity index (χ2v) is 5.38. The summed E-state index contributed by atoms with van der Waals surface area (Å²) >= 11 is 12.0. The van der Waals surface area contributed by atoms with Gasteiger partial charge in [-0.05, 0) is 37.6 Å². The van der Waals surface area contributed by atoms with Crippen LogP contribution in [-0.2, 0) is 20.0 Å². The average molecular weight is 298 g/mol. The number of benzene rings is 1. The molecule has 0 unspecified atom stereocenters. The molecule has 0 aliphatic carbocycles. The van der Waals surface area contributed by atoms with Crippen molar-refractivity contribution in [3.05, 3.63) is 51.3 Å². The van der Waals surface area contributed by atoms with E-state index >= 15 is 0 Å². The zero-order chi connectivity index (χ0) is 13.8. The zero-order valence-corrected chi connectivity index (χ0v) is 12.6. The van der Waals surface area contributed by atoms with Gasteiger partial charge in [-0.1, -0.05) is 29.3 Å². The van der Waals surface area contributed by atoms with E-state index in [1.807, 2.05) is 30.1 Å². The van der Waals surface area contributed by atoms with Crippen LogP contribution in [-0.4, -0.2) is 16.3 Å². The third kappa shape index (κ3) is 3.72. The first-order valence-electron chi connectivity index (χ1n) is 6.20. The van der Waals surface area contributed by atoms with E-state index in [1.54, 1.807) is 6.07 Å². The van der Waals surface area contributed by atoms with E-state index < -0.39 is 0 Å². The molecular weight excluding hydrogens is 281 g/mol. The fourth-order valence-corrected chi connectivity index (χ4v) is 2.39. The molecule has 1 heterocycles. The van der Waals surface area contributed by atoms with Gasteiger partial charge >= 0.3 is 0 Å². The average Bonchev–Trinajstić information content (AvgIpc) is 2.68. The lowest BCUT2D eigenvalue weighted by Crippen LogP contribution is -2.17. The van der Waals surface area contributed by atoms with Crippen molar-refractivity contribution in [2.24, 2.45) is 7.05 Å². The Labute approximate surface area is 123 Å². The van der Waals surface area contributed by atoms with E-state index in [4.69, 9.17) is 23.2 Å². The van der Waals surface area contributed by atoms with Crippen molar-refractivity contribution in [3.8, 4) is 0 Å². The Bertz CT molecular complexity index is 564. The number of nitrogens with zero attached hydrogens (tertiary/aromatic N) is 2. The standard InChI is InChI=1S/C14H17Cl2N3/c1-10-12(9-18-19(10)2)8-17-6-5-11-3-4-13(15)7-14(11)16/h3-4,7,9,17H,5-6,8H2,1-2H3. The first-order valence-corrected chi connectivity index (χ1v) is 6.95. The van der Waals surface area contributed by atoms with Gasteiger partial charge in [0.05, 0.1) is 6.20 Å². The maximum atomic E-state index is 6.13. The summed E-state index contributed by atoms with van der Waals surface area (Å²) in [6, 6.07) is 5.62. The molecule has 0 fully saturated rings. The van der Waals surface area contributed by atoms with Gasteiger partial charge in [-0.2, -0.15) is 5.10 Å². The molecule has 102 valence electrons. The monoisotopic (exact) mass is 297 g/mol. The highest BCUT2D eigenvalue weighted by molar-refractivity contribution is 6.35. The molecule has 0 aliphatic heterocycles. The van der Waals surface area contributed by atoms with Gasteiger partial charge in [-0.3, -0.25) is 4.68 Å². The van der Waals surface area contributed by atoms with Gasteiger partial charge in [0.15, 0.2) is 0 Å². The lowest BCUT2D eigenvalue weighted by atomic mass is 10.1. The van der Waals surface area contributed by atoms with Crippen molar-refractivity contribution in [2.75, 3.05) is 6.54 Å². The maximum absolute atomic E-state index is 6.13. The van der Waals surface area contributed by atoms with Gasteiger partial charge in [-0.15, -0.1) is 0 Å². The number of halogens is 2. The Balaban J connectivity index is 1.82. The van der Waals surface area contributed by atoms with Crippen LogP contribution in [0.3, 0.4) is 0 Å². The Kier molecular flexibility index (Phi) is 4.86. The molecular formula is C14H17Cl2N3. The first-order chi connectivity index (χ1) is 9.08. The number of aromatic nitrogens is 2. The van der Waals surface area contributed by atoms with Crippen LogP contribution in [0.4, 0.5) is 0 Å². The number of aryl methyl sites for hydroxylation is 1. The third-order valence-electron chi connectivity index (χ3n) is 3.24. The predicted octanol–water partition coefficient (Wildman–Crippen LogP) is 3.37. The lowest BCUT2D eigenvalue weighted by Gasteiger charge is -2.07. The molecule has 0 spiro atoms. The summed E-state index contributed by atoms with van der Waals surface area (Å²) in [6.07, 6.45) is 2.78. The van der Waals surface area contributed by atoms with E-state index in [0.717, 1.165) is 30.1 Å². The molecule has 2 aromatic rings. The summed E-state index contributed by atoms with van der Waals surface area (Å²) in [7, 11) is 1.95. The fourth-order valence-electron chi connectivity index (χ4n) is 1.89. The molecule has 0 radical (unpaired) electrons. The van der Waals surface area contributed by atoms with Crippen molar-refractivity contribution >= 4 is 23.2 Å². The molecule has 1 aromatic heterocycles. The smallest absolute Gasteiger partial charge is 0.0537 e. The second-order valence-electron chi connectivity index (χ2n) is 4.54. The van der Waals surface area contributed by atoms with E-state index in [2.05, 4.69) is 17.3 Å². The van der Waals surface area contributed by atoms with Crippen molar-refractivity contribution in [1.29, 1.82) is 0 Å². The van der Waals surface area contributed by atoms with Gasteiger partial charge in [-0.25, -0.2) is 0 Å². The van der Waals surface area contributed by atoms with E-state index in [1.165, 1.54) is 11.3 Å². The molecule has 1 N–H and O–H groups in total. The summed E-state index contributed by atoms with van der Waals surface area (Å²) < 4.78 is 1.88. The van der Waals surface area contributed by atoms with Gasteiger partial charge < -0.3 is 5.32 Å². The molecule has 3 nitrogen and oxygen atoms in total. The van der Waals surface area contributed by atoms with Crippen LogP contribution in [0.1, 0.15) is 16.8 Å². The molecule has 0 saturated carbocycles. The fraction of sp³-hybridized carbons (Fsp3) is 0.357. The van der Waals surface area contributed by atoms with Crippen LogP contribution < -0.4 is 5.32 Å². The topological polar surface area (TPSA) is 29.9 Å². The second kappa shape index (κ2) is 6.42. The van der Waals surface area contributed by atoms with Crippen molar-refractivity contribution in [3.63, 3.8) is 0 Å². The van der Waals surface area contributed by atoms with Gasteiger partial charge in [0.2, 0.25) is 0 Å². The predicted molar refractivity (Wildman–Crippen MR) is 79.8 cm³/mol. The highest BCUT2D eigenvalue weighted by Gasteiger charge is 2.04. The minimum atomic E-state index is 0.674. The molecule has 0 aliphatic rings. The minimum absolute atomic E-state index is 0.674. The van der Waals surface area contributed by atoms with Crippen LogP contribution in [0.5, 0.6) is 0 Å². The molecule has 0 amide bonds. The largest absolute Gasteiger partial charge is 0.312 e. The highest BCUT2D eigenvalue weighted by atomic mass is 35.5. The Morgan fingerprint density at radius 1 is 1.26 bits per heavy atom. The molecule has 19 heavy (non-hydrogen) atoms. The number of rotatable bonds is 5. The van der Waals surface area contributed by atoms with Crippen LogP contribution in [0.15, 0.2) is 24.4 Å². The number of hydrogen-bond acceptors (Lipinski definition) is 2. The molecule has 2 rings (SSSR count). The minimum Gasteiger partial charge on any atom is -0.312 e. The van der Waals surface area contributed by atoms with Crippen LogP contribution >= 0.6 is 23.2 Å². The van der Waals surface area contributed by atoms with E-state index in [9.17, 15) is 0 Å². The maximum Gasteiger partial charge on any atom is 0.0537 e. The van der Waals surface area contributed by atoms with Crippen molar-refractivity contribution < 1.29 is 0 Å². The molecule has 5 heteroatoms. The number of nitrogens with one attached hydrogen (secondary N) is 1. The highest BCUT2D eigenvalue weighted by Crippen LogP contribution is 2.21. The molecule has 0 saturated heterocycles. The number of hydrogen-bond donors (Lipinski definition) is 1. The van der Waals surface area contributed by atoms with E-state index in [0.29, 0.717) is 5.02 Å². The van der Waals surface area contributed by atoms with Gasteiger partial charge in [0, 0.05) is 34.9 Å². The van der Waals surface area contributed by atoms with Crippen molar-refractivity contribution in [2.45, 2.75) is 19.9 Å². The normalized spacial score (nSPS) is 10.9. The zero-order valence-electron chi connectivity index (χ0n) is 11.1. The Hall–Kier alpha value is -1.03. The van der Waals surface area contributed by atoms with Gasteiger partial charge in [0.1, 0.15) is 0 Å². The summed E-state index contributed by atoms with van der Waals surface area (Å²) in [5.74, 6) is 0. The molecule has 0 bridgehead atoms. The van der Waals surface area contributed by atoms with Crippen LogP contribution in [0, 0.1) is 6.92 Å². The Morgan fingerprint density at radius 3 is 2.68 bits per heavy atom. The summed E-state index contributed by atoms with van der Waals surface area (Å²) in [4.78, 5) is 0. The third-order valence-corrected chi connectivity index (χ3v) is 3.83. The lowest BCUT2D eigenvalue weighted by molar-refractivity contribution is 0.680. The summed E-state index contributed by atoms with van der Waals surface area (Å²) in [5.41, 5.74) is 3.53. The van der Waals surface area contributed by atoms with Gasteiger partial charge in [0.25, 0.3) is 0 Å². The van der Waals surface area contributed by atoms with Crippen LogP contribution in [0.2, 0.25) is 10.0 Å². The molecule has 0 atom stereocenters. The van der Waals surface area contributed by atoms with Crippen LogP contribution in [0.25, 0.3) is 0 Å². The quantitative estimate of drug-likeness (QED) is 0.858. The summed E-state index contributed by atoms with van der Waals surface area (Å²) in [5, 5.41) is 9.02.